The molecule has 2 unspecified atom stereocenters. The van der Waals surface area contributed by atoms with E-state index in [1.165, 1.54) is 0 Å². The molecule has 0 N–H and O–H groups in total. The average Bonchev–Trinajstić information content (AvgIpc) is 3.57. The highest BCUT2D eigenvalue weighted by molar-refractivity contribution is 9.10. The molecule has 2 saturated heterocycles. The number of fused-ring (bicyclic) bond motifs is 4. The monoisotopic (exact) mass is 546 g/mol. The SMILES string of the molecule is O=C([C@@H]1CC[C@@H](Cc2ncc3c(Br)nn(-c4ccc5ncccc5c4)c3n2)C1)N1C2CCC1COC2. The highest BCUT2D eigenvalue weighted by atomic mass is 79.9. The van der Waals surface area contributed by atoms with Gasteiger partial charge in [0.15, 0.2) is 5.65 Å². The lowest BCUT2D eigenvalue weighted by Gasteiger charge is -2.36. The Labute approximate surface area is 217 Å². The van der Waals surface area contributed by atoms with E-state index in [2.05, 4.69) is 36.9 Å². The average molecular weight is 547 g/mol. The Morgan fingerprint density at radius 3 is 2.81 bits per heavy atom. The number of morpholine rings is 1. The molecule has 9 heteroatoms. The van der Waals surface area contributed by atoms with Gasteiger partial charge in [0, 0.05) is 30.1 Å². The van der Waals surface area contributed by atoms with E-state index in [4.69, 9.17) is 14.8 Å². The van der Waals surface area contributed by atoms with Crippen molar-refractivity contribution in [3.63, 3.8) is 0 Å². The van der Waals surface area contributed by atoms with Crippen LogP contribution in [0.1, 0.15) is 37.9 Å². The summed E-state index contributed by atoms with van der Waals surface area (Å²) >= 11 is 3.58. The minimum Gasteiger partial charge on any atom is -0.377 e. The van der Waals surface area contributed by atoms with Gasteiger partial charge in [-0.1, -0.05) is 6.07 Å². The lowest BCUT2D eigenvalue weighted by molar-refractivity contribution is -0.145. The molecular formula is C27H27BrN6O2. The summed E-state index contributed by atoms with van der Waals surface area (Å²) in [5.74, 6) is 1.69. The number of nitrogens with zero attached hydrogens (tertiary/aromatic N) is 6. The Hall–Kier alpha value is -2.91. The minimum absolute atomic E-state index is 0.116. The highest BCUT2D eigenvalue weighted by Crippen LogP contribution is 2.38. The van der Waals surface area contributed by atoms with Crippen LogP contribution in [-0.4, -0.2) is 60.8 Å². The lowest BCUT2D eigenvalue weighted by atomic mass is 9.99. The van der Waals surface area contributed by atoms with Crippen molar-refractivity contribution >= 4 is 43.8 Å². The first kappa shape index (κ1) is 22.3. The quantitative estimate of drug-likeness (QED) is 0.375. The van der Waals surface area contributed by atoms with Gasteiger partial charge in [0.2, 0.25) is 5.91 Å². The number of pyridine rings is 1. The molecule has 2 aliphatic heterocycles. The molecule has 3 fully saturated rings. The van der Waals surface area contributed by atoms with Crippen LogP contribution in [0.5, 0.6) is 0 Å². The van der Waals surface area contributed by atoms with Gasteiger partial charge in [-0.15, -0.1) is 0 Å². The molecule has 1 aliphatic carbocycles. The van der Waals surface area contributed by atoms with E-state index < -0.39 is 0 Å². The van der Waals surface area contributed by atoms with Gasteiger partial charge in [-0.2, -0.15) is 5.10 Å². The van der Waals surface area contributed by atoms with Crippen LogP contribution in [0.4, 0.5) is 0 Å². The van der Waals surface area contributed by atoms with Crippen molar-refractivity contribution < 1.29 is 9.53 Å². The Balaban J connectivity index is 1.11. The summed E-state index contributed by atoms with van der Waals surface area (Å²) in [5.41, 5.74) is 2.66. The van der Waals surface area contributed by atoms with Gasteiger partial charge < -0.3 is 9.64 Å². The largest absolute Gasteiger partial charge is 0.377 e. The molecule has 1 saturated carbocycles. The molecule has 5 heterocycles. The lowest BCUT2D eigenvalue weighted by Crippen LogP contribution is -2.51. The van der Waals surface area contributed by atoms with Gasteiger partial charge in [-0.25, -0.2) is 14.6 Å². The van der Waals surface area contributed by atoms with E-state index >= 15 is 0 Å². The molecule has 3 aliphatic rings. The van der Waals surface area contributed by atoms with Crippen molar-refractivity contribution in [2.45, 2.75) is 50.6 Å². The van der Waals surface area contributed by atoms with E-state index in [-0.39, 0.29) is 18.0 Å². The third-order valence-electron chi connectivity index (χ3n) is 8.12. The van der Waals surface area contributed by atoms with Gasteiger partial charge in [0.25, 0.3) is 0 Å². The number of aromatic nitrogens is 5. The maximum atomic E-state index is 13.3. The van der Waals surface area contributed by atoms with Crippen molar-refractivity contribution in [2.24, 2.45) is 11.8 Å². The second-order valence-corrected chi connectivity index (χ2v) is 11.1. The first-order valence-corrected chi connectivity index (χ1v) is 13.6. The van der Waals surface area contributed by atoms with Crippen LogP contribution in [0.3, 0.4) is 0 Å². The summed E-state index contributed by atoms with van der Waals surface area (Å²) < 4.78 is 8.27. The number of amides is 1. The number of hydrogen-bond donors (Lipinski definition) is 0. The zero-order valence-corrected chi connectivity index (χ0v) is 21.5. The smallest absolute Gasteiger partial charge is 0.226 e. The summed E-state index contributed by atoms with van der Waals surface area (Å²) in [4.78, 5) is 29.5. The van der Waals surface area contributed by atoms with E-state index in [0.717, 1.165) is 76.6 Å². The molecule has 4 atom stereocenters. The zero-order chi connectivity index (χ0) is 24.2. The third kappa shape index (κ3) is 3.80. The normalized spacial score (nSPS) is 25.8. The fourth-order valence-electron chi connectivity index (χ4n) is 6.32. The van der Waals surface area contributed by atoms with E-state index in [1.807, 2.05) is 35.1 Å². The summed E-state index contributed by atoms with van der Waals surface area (Å²) in [6.45, 7) is 1.40. The first-order valence-electron chi connectivity index (χ1n) is 12.8. The number of halogens is 1. The predicted molar refractivity (Wildman–Crippen MR) is 139 cm³/mol. The van der Waals surface area contributed by atoms with E-state index in [0.29, 0.717) is 25.0 Å². The second-order valence-electron chi connectivity index (χ2n) is 10.4. The minimum atomic E-state index is 0.116. The van der Waals surface area contributed by atoms with Crippen molar-refractivity contribution in [3.05, 3.63) is 53.2 Å². The topological polar surface area (TPSA) is 86.0 Å². The molecule has 36 heavy (non-hydrogen) atoms. The standard InChI is InChI=1S/C27H27BrN6O2/c28-25-22-13-30-24(31-26(22)34(32-25)19-7-8-23-17(12-19)2-1-9-29-23)11-16-3-4-18(10-16)27(35)33-20-5-6-21(33)15-36-14-20/h1-2,7-9,12-13,16,18,20-21H,3-6,10-11,14-15H2/t16-,18-,20?,21?/m1/s1. The van der Waals surface area contributed by atoms with Crippen LogP contribution in [0, 0.1) is 11.8 Å². The Bertz CT molecular complexity index is 1460. The van der Waals surface area contributed by atoms with Gasteiger partial charge in [0.1, 0.15) is 10.4 Å². The third-order valence-corrected chi connectivity index (χ3v) is 8.70. The van der Waals surface area contributed by atoms with Crippen molar-refractivity contribution in [3.8, 4) is 5.69 Å². The van der Waals surface area contributed by atoms with Gasteiger partial charge in [-0.3, -0.25) is 9.78 Å². The number of ether oxygens (including phenoxy) is 1. The van der Waals surface area contributed by atoms with Crippen molar-refractivity contribution in [1.82, 2.24) is 29.6 Å². The Kier molecular flexibility index (Phi) is 5.50. The summed E-state index contributed by atoms with van der Waals surface area (Å²) in [6, 6.07) is 10.7. The Morgan fingerprint density at radius 2 is 1.94 bits per heavy atom. The summed E-state index contributed by atoms with van der Waals surface area (Å²) in [5, 5.41) is 6.63. The maximum absolute atomic E-state index is 13.3. The number of rotatable bonds is 4. The number of benzene rings is 1. The second kappa shape index (κ2) is 8.88. The van der Waals surface area contributed by atoms with Crippen LogP contribution in [0.15, 0.2) is 47.3 Å². The fourth-order valence-corrected chi connectivity index (χ4v) is 6.76. The van der Waals surface area contributed by atoms with E-state index in [9.17, 15) is 4.79 Å². The molecule has 4 aromatic rings. The van der Waals surface area contributed by atoms with Gasteiger partial charge in [0.05, 0.1) is 41.9 Å². The van der Waals surface area contributed by atoms with E-state index in [1.54, 1.807) is 6.20 Å². The molecule has 2 bridgehead atoms. The van der Waals surface area contributed by atoms with Crippen molar-refractivity contribution in [1.29, 1.82) is 0 Å². The van der Waals surface area contributed by atoms with Crippen LogP contribution in [0.25, 0.3) is 27.6 Å². The van der Waals surface area contributed by atoms with Gasteiger partial charge in [-0.05, 0) is 78.2 Å². The number of carbonyl (C=O) groups excluding carboxylic acids is 1. The van der Waals surface area contributed by atoms with Crippen molar-refractivity contribution in [2.75, 3.05) is 13.2 Å². The van der Waals surface area contributed by atoms with Crippen LogP contribution in [0.2, 0.25) is 0 Å². The number of hydrogen-bond acceptors (Lipinski definition) is 6. The fraction of sp³-hybridized carbons (Fsp3) is 0.444. The Morgan fingerprint density at radius 1 is 1.08 bits per heavy atom. The highest BCUT2D eigenvalue weighted by Gasteiger charge is 2.44. The van der Waals surface area contributed by atoms with Crippen LogP contribution >= 0.6 is 15.9 Å². The molecule has 184 valence electrons. The summed E-state index contributed by atoms with van der Waals surface area (Å²) in [7, 11) is 0. The molecule has 7 rings (SSSR count). The molecule has 1 aromatic carbocycles. The zero-order valence-electron chi connectivity index (χ0n) is 19.9. The number of carbonyl (C=O) groups is 1. The molecule has 1 amide bonds. The maximum Gasteiger partial charge on any atom is 0.226 e. The van der Waals surface area contributed by atoms with Gasteiger partial charge >= 0.3 is 0 Å². The molecule has 0 spiro atoms. The predicted octanol–water partition coefficient (Wildman–Crippen LogP) is 4.47. The van der Waals surface area contributed by atoms with Crippen LogP contribution < -0.4 is 0 Å². The first-order chi connectivity index (χ1) is 17.6. The molecular weight excluding hydrogens is 520 g/mol. The van der Waals surface area contributed by atoms with Crippen LogP contribution in [-0.2, 0) is 16.0 Å². The molecule has 8 nitrogen and oxygen atoms in total. The molecule has 3 aromatic heterocycles. The summed E-state index contributed by atoms with van der Waals surface area (Å²) in [6.07, 6.45) is 9.51. The molecule has 0 radical (unpaired) electrons.